The van der Waals surface area contributed by atoms with Gasteiger partial charge in [-0.15, -0.1) is 0 Å². The van der Waals surface area contributed by atoms with Crippen LogP contribution in [0.2, 0.25) is 0 Å². The minimum Gasteiger partial charge on any atom is -0.478 e. The van der Waals surface area contributed by atoms with E-state index in [4.69, 9.17) is 5.11 Å². The third kappa shape index (κ3) is 3.27. The van der Waals surface area contributed by atoms with Crippen LogP contribution in [0.25, 0.3) is 0 Å². The van der Waals surface area contributed by atoms with Gasteiger partial charge in [0, 0.05) is 23.5 Å². The van der Waals surface area contributed by atoms with E-state index in [0.717, 1.165) is 17.8 Å². The Kier molecular flexibility index (Phi) is 3.93. The average Bonchev–Trinajstić information content (AvgIpc) is 2.38. The van der Waals surface area contributed by atoms with Crippen molar-refractivity contribution < 1.29 is 23.1 Å². The van der Waals surface area contributed by atoms with Crippen LogP contribution in [-0.2, 0) is 6.18 Å². The van der Waals surface area contributed by atoms with Gasteiger partial charge in [-0.1, -0.05) is 11.8 Å². The summed E-state index contributed by atoms with van der Waals surface area (Å²) in [6.45, 7) is 0. The first-order chi connectivity index (χ1) is 9.38. The summed E-state index contributed by atoms with van der Waals surface area (Å²) >= 11 is 0.963. The van der Waals surface area contributed by atoms with E-state index in [-0.39, 0.29) is 10.6 Å². The zero-order chi connectivity index (χ0) is 14.8. The standard InChI is InChI=1S/C12H7F3N2O2S/c13-12(14,15)7-1-2-10(17-5-7)20-9-3-4-16-6-8(9)11(18)19/h1-6H,(H,18,19). The van der Waals surface area contributed by atoms with Crippen LogP contribution < -0.4 is 0 Å². The zero-order valence-electron chi connectivity index (χ0n) is 9.76. The molecule has 20 heavy (non-hydrogen) atoms. The summed E-state index contributed by atoms with van der Waals surface area (Å²) in [5.74, 6) is -1.16. The predicted molar refractivity (Wildman–Crippen MR) is 64.6 cm³/mol. The second-order valence-electron chi connectivity index (χ2n) is 3.66. The number of hydrogen-bond acceptors (Lipinski definition) is 4. The topological polar surface area (TPSA) is 63.1 Å². The maximum Gasteiger partial charge on any atom is 0.417 e. The molecule has 0 spiro atoms. The predicted octanol–water partition coefficient (Wildman–Crippen LogP) is 3.34. The average molecular weight is 300 g/mol. The lowest BCUT2D eigenvalue weighted by Gasteiger charge is -2.07. The van der Waals surface area contributed by atoms with E-state index in [1.807, 2.05) is 0 Å². The Bertz CT molecular complexity index is 629. The summed E-state index contributed by atoms with van der Waals surface area (Å²) < 4.78 is 37.2. The van der Waals surface area contributed by atoms with Crippen molar-refractivity contribution >= 4 is 17.7 Å². The van der Waals surface area contributed by atoms with E-state index in [1.165, 1.54) is 24.5 Å². The fourth-order valence-electron chi connectivity index (χ4n) is 1.35. The second-order valence-corrected chi connectivity index (χ2v) is 4.72. The minimum absolute atomic E-state index is 0.0285. The Labute approximate surface area is 115 Å². The SMILES string of the molecule is O=C(O)c1cnccc1Sc1ccc(C(F)(F)F)cn1. The molecule has 0 aliphatic heterocycles. The molecule has 4 nitrogen and oxygen atoms in total. The number of pyridine rings is 2. The third-order valence-electron chi connectivity index (χ3n) is 2.29. The number of carbonyl (C=O) groups is 1. The van der Waals surface area contributed by atoms with Crippen LogP contribution in [0.5, 0.6) is 0 Å². The highest BCUT2D eigenvalue weighted by Gasteiger charge is 2.30. The molecule has 0 aliphatic rings. The fraction of sp³-hybridized carbons (Fsp3) is 0.0833. The molecule has 1 N–H and O–H groups in total. The number of rotatable bonds is 3. The molecule has 2 heterocycles. The Hall–Kier alpha value is -2.09. The van der Waals surface area contributed by atoms with Gasteiger partial charge >= 0.3 is 12.1 Å². The first-order valence-electron chi connectivity index (χ1n) is 5.26. The Morgan fingerprint density at radius 2 is 1.95 bits per heavy atom. The number of nitrogens with zero attached hydrogens (tertiary/aromatic N) is 2. The first-order valence-corrected chi connectivity index (χ1v) is 6.08. The Balaban J connectivity index is 2.25. The van der Waals surface area contributed by atoms with Gasteiger partial charge < -0.3 is 5.11 Å². The molecule has 2 aromatic rings. The van der Waals surface area contributed by atoms with Crippen molar-refractivity contribution in [3.8, 4) is 0 Å². The quantitative estimate of drug-likeness (QED) is 0.942. The second kappa shape index (κ2) is 5.49. The van der Waals surface area contributed by atoms with E-state index in [2.05, 4.69) is 9.97 Å². The van der Waals surface area contributed by atoms with Crippen LogP contribution in [0.4, 0.5) is 13.2 Å². The lowest BCUT2D eigenvalue weighted by atomic mass is 10.3. The molecule has 2 rings (SSSR count). The largest absolute Gasteiger partial charge is 0.478 e. The number of halogens is 3. The van der Waals surface area contributed by atoms with Gasteiger partial charge in [0.05, 0.1) is 11.1 Å². The summed E-state index contributed by atoms with van der Waals surface area (Å²) in [4.78, 5) is 18.7. The van der Waals surface area contributed by atoms with Crippen LogP contribution >= 0.6 is 11.8 Å². The lowest BCUT2D eigenvalue weighted by Crippen LogP contribution is -2.05. The molecule has 104 valence electrons. The molecule has 0 aliphatic carbocycles. The number of carboxylic acids is 1. The van der Waals surface area contributed by atoms with Crippen molar-refractivity contribution in [2.45, 2.75) is 16.1 Å². The molecule has 0 bridgehead atoms. The number of carboxylic acid groups (broad SMARTS) is 1. The molecular formula is C12H7F3N2O2S. The van der Waals surface area contributed by atoms with Gasteiger partial charge in [-0.2, -0.15) is 13.2 Å². The van der Waals surface area contributed by atoms with Crippen LogP contribution in [-0.4, -0.2) is 21.0 Å². The molecule has 0 radical (unpaired) electrons. The van der Waals surface area contributed by atoms with Gasteiger partial charge in [-0.25, -0.2) is 9.78 Å². The highest BCUT2D eigenvalue weighted by atomic mass is 32.2. The van der Waals surface area contributed by atoms with E-state index in [9.17, 15) is 18.0 Å². The maximum absolute atomic E-state index is 12.4. The van der Waals surface area contributed by atoms with Crippen LogP contribution in [0.3, 0.4) is 0 Å². The van der Waals surface area contributed by atoms with Crippen molar-refractivity contribution in [3.63, 3.8) is 0 Å². The van der Waals surface area contributed by atoms with Crippen LogP contribution in [0, 0.1) is 0 Å². The molecule has 0 saturated heterocycles. The van der Waals surface area contributed by atoms with Gasteiger partial charge in [-0.05, 0) is 18.2 Å². The van der Waals surface area contributed by atoms with Gasteiger partial charge in [0.2, 0.25) is 0 Å². The summed E-state index contributed by atoms with van der Waals surface area (Å²) in [5.41, 5.74) is -0.880. The smallest absolute Gasteiger partial charge is 0.417 e. The van der Waals surface area contributed by atoms with Gasteiger partial charge in [0.1, 0.15) is 5.03 Å². The highest BCUT2D eigenvalue weighted by Crippen LogP contribution is 2.32. The third-order valence-corrected chi connectivity index (χ3v) is 3.32. The minimum atomic E-state index is -4.45. The van der Waals surface area contributed by atoms with Crippen LogP contribution in [0.15, 0.2) is 46.7 Å². The van der Waals surface area contributed by atoms with Crippen molar-refractivity contribution in [3.05, 3.63) is 47.9 Å². The molecule has 0 amide bonds. The summed E-state index contributed by atoms with van der Waals surface area (Å²) in [6, 6.07) is 3.56. The summed E-state index contributed by atoms with van der Waals surface area (Å²) in [5, 5.41) is 9.24. The molecule has 8 heteroatoms. The lowest BCUT2D eigenvalue weighted by molar-refractivity contribution is -0.137. The molecule has 0 aromatic carbocycles. The van der Waals surface area contributed by atoms with Crippen molar-refractivity contribution in [2.75, 3.05) is 0 Å². The molecule has 0 unspecified atom stereocenters. The molecule has 0 atom stereocenters. The normalized spacial score (nSPS) is 11.3. The van der Waals surface area contributed by atoms with Crippen LogP contribution in [0.1, 0.15) is 15.9 Å². The summed E-state index contributed by atoms with van der Waals surface area (Å²) in [6.07, 6.45) is -1.16. The molecule has 0 saturated carbocycles. The first kappa shape index (κ1) is 14.3. The molecule has 0 fully saturated rings. The number of hydrogen-bond donors (Lipinski definition) is 1. The fourth-order valence-corrected chi connectivity index (χ4v) is 2.20. The van der Waals surface area contributed by atoms with Gasteiger partial charge in [0.25, 0.3) is 0 Å². The Morgan fingerprint density at radius 3 is 2.50 bits per heavy atom. The molecular weight excluding hydrogens is 293 g/mol. The highest BCUT2D eigenvalue weighted by molar-refractivity contribution is 7.99. The van der Waals surface area contributed by atoms with E-state index in [0.29, 0.717) is 11.1 Å². The summed E-state index contributed by atoms with van der Waals surface area (Å²) in [7, 11) is 0. The van der Waals surface area contributed by atoms with E-state index < -0.39 is 17.7 Å². The maximum atomic E-state index is 12.4. The monoisotopic (exact) mass is 300 g/mol. The number of aromatic nitrogens is 2. The number of aromatic carboxylic acids is 1. The van der Waals surface area contributed by atoms with Crippen molar-refractivity contribution in [1.82, 2.24) is 9.97 Å². The Morgan fingerprint density at radius 1 is 1.20 bits per heavy atom. The van der Waals surface area contributed by atoms with E-state index >= 15 is 0 Å². The van der Waals surface area contributed by atoms with Crippen molar-refractivity contribution in [1.29, 1.82) is 0 Å². The van der Waals surface area contributed by atoms with E-state index in [1.54, 1.807) is 0 Å². The zero-order valence-corrected chi connectivity index (χ0v) is 10.6. The van der Waals surface area contributed by atoms with Gasteiger partial charge in [-0.3, -0.25) is 4.98 Å². The van der Waals surface area contributed by atoms with Gasteiger partial charge in [0.15, 0.2) is 0 Å². The number of alkyl halides is 3. The van der Waals surface area contributed by atoms with Crippen molar-refractivity contribution in [2.24, 2.45) is 0 Å². The molecule has 2 aromatic heterocycles.